The monoisotopic (exact) mass is 274 g/mol. The molecule has 0 aromatic rings. The molecular formula is C13H26N2O4. The van der Waals surface area contributed by atoms with Gasteiger partial charge < -0.3 is 20.5 Å². The number of carboxylic acid groups (broad SMARTS) is 1. The number of hydrogen-bond donors (Lipinski definition) is 3. The molecule has 0 atom stereocenters. The highest BCUT2D eigenvalue weighted by Gasteiger charge is 2.27. The van der Waals surface area contributed by atoms with Gasteiger partial charge in [-0.3, -0.25) is 4.79 Å². The van der Waals surface area contributed by atoms with Gasteiger partial charge in [0.25, 0.3) is 0 Å². The third kappa shape index (κ3) is 9.30. The van der Waals surface area contributed by atoms with Crippen molar-refractivity contribution in [1.82, 2.24) is 10.6 Å². The molecule has 0 bridgehead atoms. The van der Waals surface area contributed by atoms with Gasteiger partial charge in [-0.2, -0.15) is 0 Å². The summed E-state index contributed by atoms with van der Waals surface area (Å²) in [6.07, 6.45) is 0.999. The van der Waals surface area contributed by atoms with E-state index in [1.165, 1.54) is 0 Å². The van der Waals surface area contributed by atoms with Crippen LogP contribution in [0.25, 0.3) is 0 Å². The summed E-state index contributed by atoms with van der Waals surface area (Å²) in [7, 11) is 0. The molecule has 6 heteroatoms. The average Bonchev–Trinajstić information content (AvgIpc) is 2.30. The number of carboxylic acids is 1. The van der Waals surface area contributed by atoms with Crippen LogP contribution >= 0.6 is 0 Å². The molecule has 0 rings (SSSR count). The first-order valence-corrected chi connectivity index (χ1v) is 6.58. The highest BCUT2D eigenvalue weighted by Crippen LogP contribution is 2.12. The first kappa shape index (κ1) is 17.7. The van der Waals surface area contributed by atoms with E-state index in [2.05, 4.69) is 24.5 Å². The fraction of sp³-hybridized carbons (Fsp3) is 0.846. The molecule has 112 valence electrons. The Morgan fingerprint density at radius 2 is 1.84 bits per heavy atom. The van der Waals surface area contributed by atoms with E-state index in [0.29, 0.717) is 25.7 Å². The Balaban J connectivity index is 3.58. The Kier molecular flexibility index (Phi) is 8.14. The van der Waals surface area contributed by atoms with Gasteiger partial charge in [0.2, 0.25) is 0 Å². The maximum Gasteiger partial charge on any atom is 0.314 e. The largest absolute Gasteiger partial charge is 0.481 e. The third-order valence-corrected chi connectivity index (χ3v) is 2.64. The Morgan fingerprint density at radius 1 is 1.21 bits per heavy atom. The number of nitrogens with one attached hydrogen (secondary N) is 2. The number of amides is 2. The quantitative estimate of drug-likeness (QED) is 0.555. The first-order valence-electron chi connectivity index (χ1n) is 6.58. The van der Waals surface area contributed by atoms with Gasteiger partial charge in [0.05, 0.1) is 12.0 Å². The number of carbonyl (C=O) groups is 2. The molecule has 2 amide bonds. The van der Waals surface area contributed by atoms with E-state index in [1.54, 1.807) is 13.8 Å². The second-order valence-electron chi connectivity index (χ2n) is 5.59. The van der Waals surface area contributed by atoms with Gasteiger partial charge in [-0.25, -0.2) is 4.79 Å². The smallest absolute Gasteiger partial charge is 0.314 e. The standard InChI is InChI=1S/C13H26N2O4/c1-10(2)5-7-19-8-6-14-12(18)15-9-13(3,4)11(16)17/h10H,5-9H2,1-4H3,(H,16,17)(H2,14,15,18). The van der Waals surface area contributed by atoms with E-state index >= 15 is 0 Å². The summed E-state index contributed by atoms with van der Waals surface area (Å²) >= 11 is 0. The van der Waals surface area contributed by atoms with Crippen molar-refractivity contribution in [3.8, 4) is 0 Å². The first-order chi connectivity index (χ1) is 8.75. The lowest BCUT2D eigenvalue weighted by molar-refractivity contribution is -0.146. The van der Waals surface area contributed by atoms with Crippen LogP contribution in [0.4, 0.5) is 4.79 Å². The van der Waals surface area contributed by atoms with Crippen LogP contribution in [0, 0.1) is 11.3 Å². The molecule has 0 aliphatic rings. The number of urea groups is 1. The van der Waals surface area contributed by atoms with Crippen molar-refractivity contribution in [1.29, 1.82) is 0 Å². The van der Waals surface area contributed by atoms with E-state index in [9.17, 15) is 9.59 Å². The fourth-order valence-electron chi connectivity index (χ4n) is 1.10. The lowest BCUT2D eigenvalue weighted by atomic mass is 9.94. The number of aliphatic carboxylic acids is 1. The molecule has 0 spiro atoms. The fourth-order valence-corrected chi connectivity index (χ4v) is 1.10. The molecule has 0 aliphatic heterocycles. The van der Waals surface area contributed by atoms with Crippen LogP contribution in [0.3, 0.4) is 0 Å². The van der Waals surface area contributed by atoms with Crippen LogP contribution in [0.15, 0.2) is 0 Å². The Labute approximate surface area is 114 Å². The molecule has 6 nitrogen and oxygen atoms in total. The molecule has 0 saturated heterocycles. The topological polar surface area (TPSA) is 87.7 Å². The number of carbonyl (C=O) groups excluding carboxylic acids is 1. The zero-order valence-electron chi connectivity index (χ0n) is 12.3. The van der Waals surface area contributed by atoms with Crippen molar-refractivity contribution in [2.75, 3.05) is 26.3 Å². The van der Waals surface area contributed by atoms with E-state index in [4.69, 9.17) is 9.84 Å². The van der Waals surface area contributed by atoms with Crippen LogP contribution in [-0.4, -0.2) is 43.4 Å². The van der Waals surface area contributed by atoms with Gasteiger partial charge in [0, 0.05) is 19.7 Å². The summed E-state index contributed by atoms with van der Waals surface area (Å²) in [4.78, 5) is 22.2. The predicted octanol–water partition coefficient (Wildman–Crippen LogP) is 1.46. The van der Waals surface area contributed by atoms with Crippen LogP contribution in [0.1, 0.15) is 34.1 Å². The Morgan fingerprint density at radius 3 is 2.37 bits per heavy atom. The molecule has 0 unspecified atom stereocenters. The lowest BCUT2D eigenvalue weighted by Crippen LogP contribution is -2.44. The van der Waals surface area contributed by atoms with Gasteiger partial charge in [-0.05, 0) is 26.2 Å². The highest BCUT2D eigenvalue weighted by atomic mass is 16.5. The molecule has 3 N–H and O–H groups in total. The molecule has 0 aliphatic carbocycles. The van der Waals surface area contributed by atoms with Crippen LogP contribution in [0.5, 0.6) is 0 Å². The number of rotatable bonds is 9. The normalized spacial score (nSPS) is 11.4. The lowest BCUT2D eigenvalue weighted by Gasteiger charge is -2.19. The Bertz CT molecular complexity index is 290. The molecular weight excluding hydrogens is 248 g/mol. The minimum Gasteiger partial charge on any atom is -0.481 e. The molecule has 0 radical (unpaired) electrons. The van der Waals surface area contributed by atoms with Crippen molar-refractivity contribution in [2.45, 2.75) is 34.1 Å². The second-order valence-corrected chi connectivity index (χ2v) is 5.59. The van der Waals surface area contributed by atoms with E-state index in [0.717, 1.165) is 6.42 Å². The zero-order chi connectivity index (χ0) is 14.9. The SMILES string of the molecule is CC(C)CCOCCNC(=O)NCC(C)(C)C(=O)O. The summed E-state index contributed by atoms with van der Waals surface area (Å²) in [5, 5.41) is 14.0. The van der Waals surface area contributed by atoms with Gasteiger partial charge in [0.15, 0.2) is 0 Å². The van der Waals surface area contributed by atoms with Crippen LogP contribution in [0.2, 0.25) is 0 Å². The third-order valence-electron chi connectivity index (χ3n) is 2.64. The van der Waals surface area contributed by atoms with Gasteiger partial charge >= 0.3 is 12.0 Å². The summed E-state index contributed by atoms with van der Waals surface area (Å²) in [6, 6.07) is -0.373. The van der Waals surface area contributed by atoms with E-state index in [-0.39, 0.29) is 12.6 Å². The maximum absolute atomic E-state index is 11.4. The van der Waals surface area contributed by atoms with Gasteiger partial charge in [-0.1, -0.05) is 13.8 Å². The van der Waals surface area contributed by atoms with Crippen molar-refractivity contribution in [3.63, 3.8) is 0 Å². The second kappa shape index (κ2) is 8.74. The Hall–Kier alpha value is -1.30. The van der Waals surface area contributed by atoms with Gasteiger partial charge in [-0.15, -0.1) is 0 Å². The predicted molar refractivity (Wildman–Crippen MR) is 73.1 cm³/mol. The van der Waals surface area contributed by atoms with Crippen molar-refractivity contribution < 1.29 is 19.4 Å². The minimum absolute atomic E-state index is 0.0857. The molecule has 0 fully saturated rings. The molecule has 0 saturated carbocycles. The van der Waals surface area contributed by atoms with Crippen molar-refractivity contribution in [3.05, 3.63) is 0 Å². The maximum atomic E-state index is 11.4. The minimum atomic E-state index is -0.967. The molecule has 0 heterocycles. The van der Waals surface area contributed by atoms with Gasteiger partial charge in [0.1, 0.15) is 0 Å². The van der Waals surface area contributed by atoms with E-state index in [1.807, 2.05) is 0 Å². The van der Waals surface area contributed by atoms with Crippen molar-refractivity contribution in [2.24, 2.45) is 11.3 Å². The summed E-state index contributed by atoms with van der Waals surface area (Å²) in [5.41, 5.74) is -0.967. The number of ether oxygens (including phenoxy) is 1. The molecule has 0 aromatic heterocycles. The van der Waals surface area contributed by atoms with Crippen molar-refractivity contribution >= 4 is 12.0 Å². The number of hydrogen-bond acceptors (Lipinski definition) is 3. The summed E-state index contributed by atoms with van der Waals surface area (Å²) in [6.45, 7) is 9.02. The van der Waals surface area contributed by atoms with E-state index < -0.39 is 11.4 Å². The average molecular weight is 274 g/mol. The summed E-state index contributed by atoms with van der Waals surface area (Å²) < 4.78 is 5.34. The molecule has 19 heavy (non-hydrogen) atoms. The van der Waals surface area contributed by atoms with Crippen LogP contribution < -0.4 is 10.6 Å². The zero-order valence-corrected chi connectivity index (χ0v) is 12.3. The highest BCUT2D eigenvalue weighted by molar-refractivity contribution is 5.77. The van der Waals surface area contributed by atoms with Crippen LogP contribution in [-0.2, 0) is 9.53 Å². The molecule has 0 aromatic carbocycles. The summed E-state index contributed by atoms with van der Waals surface area (Å²) in [5.74, 6) is -0.334.